The van der Waals surface area contributed by atoms with Crippen molar-refractivity contribution >= 4 is 17.9 Å². The summed E-state index contributed by atoms with van der Waals surface area (Å²) in [5, 5.41) is 2.68. The van der Waals surface area contributed by atoms with Gasteiger partial charge in [-0.25, -0.2) is 9.59 Å². The van der Waals surface area contributed by atoms with E-state index in [-0.39, 0.29) is 24.3 Å². The molecular weight excluding hydrogens is 449 g/mol. The fourth-order valence-corrected chi connectivity index (χ4v) is 3.90. The topological polar surface area (TPSA) is 67.9 Å². The number of amides is 2. The highest BCUT2D eigenvalue weighted by molar-refractivity contribution is 5.90. The number of benzene rings is 2. The van der Waals surface area contributed by atoms with Crippen molar-refractivity contribution in [2.24, 2.45) is 0 Å². The molecule has 0 aliphatic carbocycles. The molecular formula is C25H29F3N2O4. The van der Waals surface area contributed by atoms with Gasteiger partial charge in [-0.3, -0.25) is 4.90 Å². The van der Waals surface area contributed by atoms with Gasteiger partial charge in [0.15, 0.2) is 0 Å². The monoisotopic (exact) mass is 478 g/mol. The first-order valence-corrected chi connectivity index (χ1v) is 11.1. The van der Waals surface area contributed by atoms with Crippen LogP contribution in [0.3, 0.4) is 0 Å². The number of halogens is 3. The van der Waals surface area contributed by atoms with Crippen molar-refractivity contribution in [3.63, 3.8) is 0 Å². The second-order valence-corrected chi connectivity index (χ2v) is 9.18. The molecule has 2 aromatic carbocycles. The highest BCUT2D eigenvalue weighted by atomic mass is 19.4. The van der Waals surface area contributed by atoms with Crippen LogP contribution >= 0.6 is 0 Å². The van der Waals surface area contributed by atoms with Crippen LogP contribution in [0, 0.1) is 0 Å². The fourth-order valence-electron chi connectivity index (χ4n) is 3.90. The van der Waals surface area contributed by atoms with Gasteiger partial charge in [-0.05, 0) is 62.9 Å². The maximum Gasteiger partial charge on any atom is 0.416 e. The van der Waals surface area contributed by atoms with Crippen LogP contribution in [-0.2, 0) is 22.3 Å². The summed E-state index contributed by atoms with van der Waals surface area (Å²) in [6.07, 6.45) is -5.26. The molecule has 1 N–H and O–H groups in total. The second kappa shape index (κ2) is 9.95. The molecule has 1 aliphatic rings. The predicted octanol–water partition coefficient (Wildman–Crippen LogP) is 6.60. The molecule has 0 spiro atoms. The number of ether oxygens (including phenoxy) is 2. The fraction of sp³-hybridized carbons (Fsp3) is 0.440. The van der Waals surface area contributed by atoms with E-state index in [9.17, 15) is 22.8 Å². The van der Waals surface area contributed by atoms with Crippen molar-refractivity contribution in [1.29, 1.82) is 0 Å². The standard InChI is InChI=1S/C25H29F3N2O4/c1-5-18-14-20(29-22(31)34-24(2,3)4)19-13-17(25(26,27)28)11-12-21(19)30(18)23(32)33-15-16-9-7-6-8-10-16/h6-13,18,20H,5,14-15H2,1-4H3,(H,29,31). The quantitative estimate of drug-likeness (QED) is 0.538. The first kappa shape index (κ1) is 25.4. The third-order valence-corrected chi connectivity index (χ3v) is 5.43. The van der Waals surface area contributed by atoms with Gasteiger partial charge in [0.25, 0.3) is 0 Å². The summed E-state index contributed by atoms with van der Waals surface area (Å²) in [4.78, 5) is 26.9. The van der Waals surface area contributed by atoms with Gasteiger partial charge in [0, 0.05) is 6.04 Å². The van der Waals surface area contributed by atoms with Gasteiger partial charge in [0.05, 0.1) is 17.3 Å². The third-order valence-electron chi connectivity index (χ3n) is 5.43. The minimum atomic E-state index is -4.58. The van der Waals surface area contributed by atoms with E-state index in [0.29, 0.717) is 6.42 Å². The van der Waals surface area contributed by atoms with Crippen molar-refractivity contribution in [3.05, 3.63) is 65.2 Å². The molecule has 1 heterocycles. The van der Waals surface area contributed by atoms with Crippen LogP contribution < -0.4 is 10.2 Å². The molecule has 3 rings (SSSR count). The smallest absolute Gasteiger partial charge is 0.416 e. The number of anilines is 1. The minimum absolute atomic E-state index is 0.0299. The molecule has 9 heteroatoms. The molecule has 0 bridgehead atoms. The molecule has 2 aromatic rings. The van der Waals surface area contributed by atoms with E-state index < -0.39 is 41.6 Å². The van der Waals surface area contributed by atoms with Crippen LogP contribution in [0.15, 0.2) is 48.5 Å². The number of nitrogens with zero attached hydrogens (tertiary/aromatic N) is 1. The minimum Gasteiger partial charge on any atom is -0.444 e. The third kappa shape index (κ3) is 6.21. The van der Waals surface area contributed by atoms with E-state index in [1.165, 1.54) is 11.0 Å². The number of alkyl carbamates (subject to hydrolysis) is 1. The first-order chi connectivity index (χ1) is 15.9. The normalized spacial score (nSPS) is 18.1. The summed E-state index contributed by atoms with van der Waals surface area (Å²) in [5.74, 6) is 0. The van der Waals surface area contributed by atoms with Gasteiger partial charge in [0.1, 0.15) is 12.2 Å². The number of fused-ring (bicyclic) bond motifs is 1. The Bertz CT molecular complexity index is 1020. The van der Waals surface area contributed by atoms with E-state index >= 15 is 0 Å². The molecule has 1 aliphatic heterocycles. The molecule has 0 radical (unpaired) electrons. The lowest BCUT2D eigenvalue weighted by Crippen LogP contribution is -2.48. The molecule has 6 nitrogen and oxygen atoms in total. The van der Waals surface area contributed by atoms with Gasteiger partial charge in [0.2, 0.25) is 0 Å². The van der Waals surface area contributed by atoms with Crippen molar-refractivity contribution in [3.8, 4) is 0 Å². The zero-order chi connectivity index (χ0) is 25.1. The van der Waals surface area contributed by atoms with E-state index in [4.69, 9.17) is 9.47 Å². The predicted molar refractivity (Wildman–Crippen MR) is 121 cm³/mol. The van der Waals surface area contributed by atoms with Crippen LogP contribution in [0.4, 0.5) is 28.4 Å². The largest absolute Gasteiger partial charge is 0.444 e. The lowest BCUT2D eigenvalue weighted by atomic mass is 9.89. The van der Waals surface area contributed by atoms with Crippen LogP contribution in [0.5, 0.6) is 0 Å². The molecule has 0 aromatic heterocycles. The highest BCUT2D eigenvalue weighted by Crippen LogP contribution is 2.42. The Morgan fingerprint density at radius 1 is 1.09 bits per heavy atom. The molecule has 2 unspecified atom stereocenters. The summed E-state index contributed by atoms with van der Waals surface area (Å²) in [6, 6.07) is 11.1. The van der Waals surface area contributed by atoms with E-state index in [2.05, 4.69) is 5.32 Å². The first-order valence-electron chi connectivity index (χ1n) is 11.1. The van der Waals surface area contributed by atoms with Crippen molar-refractivity contribution < 1.29 is 32.2 Å². The summed E-state index contributed by atoms with van der Waals surface area (Å²) in [5.41, 5.74) is -0.396. The SMILES string of the molecule is CCC1CC(NC(=O)OC(C)(C)C)c2cc(C(F)(F)F)ccc2N1C(=O)OCc1ccccc1. The van der Waals surface area contributed by atoms with Gasteiger partial charge < -0.3 is 14.8 Å². The van der Waals surface area contributed by atoms with E-state index in [0.717, 1.165) is 17.7 Å². The van der Waals surface area contributed by atoms with Gasteiger partial charge in [-0.15, -0.1) is 0 Å². The van der Waals surface area contributed by atoms with Gasteiger partial charge in [-0.1, -0.05) is 37.3 Å². The summed E-state index contributed by atoms with van der Waals surface area (Å²) in [6.45, 7) is 6.98. The Morgan fingerprint density at radius 2 is 1.76 bits per heavy atom. The lowest BCUT2D eigenvalue weighted by Gasteiger charge is -2.40. The molecule has 34 heavy (non-hydrogen) atoms. The summed E-state index contributed by atoms with van der Waals surface area (Å²) < 4.78 is 51.2. The lowest BCUT2D eigenvalue weighted by molar-refractivity contribution is -0.137. The van der Waals surface area contributed by atoms with Crippen LogP contribution in [0.1, 0.15) is 63.3 Å². The average molecular weight is 479 g/mol. The molecule has 0 saturated heterocycles. The Morgan fingerprint density at radius 3 is 2.35 bits per heavy atom. The average Bonchev–Trinajstić information content (AvgIpc) is 2.75. The molecule has 2 atom stereocenters. The zero-order valence-electron chi connectivity index (χ0n) is 19.6. The van der Waals surface area contributed by atoms with Crippen molar-refractivity contribution in [2.75, 3.05) is 4.90 Å². The molecule has 0 fully saturated rings. The highest BCUT2D eigenvalue weighted by Gasteiger charge is 2.40. The van der Waals surface area contributed by atoms with Crippen molar-refractivity contribution in [1.82, 2.24) is 5.32 Å². The number of hydrogen-bond acceptors (Lipinski definition) is 4. The number of nitrogens with one attached hydrogen (secondary N) is 1. The molecule has 0 saturated carbocycles. The van der Waals surface area contributed by atoms with Gasteiger partial charge in [-0.2, -0.15) is 13.2 Å². The molecule has 2 amide bonds. The zero-order valence-corrected chi connectivity index (χ0v) is 19.6. The van der Waals surface area contributed by atoms with Gasteiger partial charge >= 0.3 is 18.4 Å². The maximum atomic E-state index is 13.5. The Labute approximate surface area is 197 Å². The number of carbonyl (C=O) groups is 2. The summed E-state index contributed by atoms with van der Waals surface area (Å²) >= 11 is 0. The van der Waals surface area contributed by atoms with Crippen molar-refractivity contribution in [2.45, 2.75) is 71.0 Å². The number of carbonyl (C=O) groups excluding carboxylic acids is 2. The number of alkyl halides is 3. The van der Waals surface area contributed by atoms with E-state index in [1.807, 2.05) is 37.3 Å². The van der Waals surface area contributed by atoms with Crippen LogP contribution in [0.25, 0.3) is 0 Å². The molecule has 184 valence electrons. The van der Waals surface area contributed by atoms with Crippen LogP contribution in [-0.4, -0.2) is 23.8 Å². The Balaban J connectivity index is 1.94. The Hall–Kier alpha value is -3.23. The summed E-state index contributed by atoms with van der Waals surface area (Å²) in [7, 11) is 0. The Kier molecular flexibility index (Phi) is 7.43. The number of hydrogen-bond donors (Lipinski definition) is 1. The second-order valence-electron chi connectivity index (χ2n) is 9.18. The maximum absolute atomic E-state index is 13.5. The van der Waals surface area contributed by atoms with Crippen LogP contribution in [0.2, 0.25) is 0 Å². The van der Waals surface area contributed by atoms with E-state index in [1.54, 1.807) is 20.8 Å². The number of rotatable bonds is 4.